The Morgan fingerprint density at radius 1 is 1.05 bits per heavy atom. The van der Waals surface area contributed by atoms with Crippen LogP contribution in [0.4, 0.5) is 0 Å². The number of H-pyrrole nitrogens is 2. The molecule has 0 radical (unpaired) electrons. The summed E-state index contributed by atoms with van der Waals surface area (Å²) < 4.78 is 4.79. The maximum Gasteiger partial charge on any atom is 0.243 e. The van der Waals surface area contributed by atoms with Crippen molar-refractivity contribution in [2.24, 2.45) is 0 Å². The van der Waals surface area contributed by atoms with Crippen molar-refractivity contribution in [2.75, 3.05) is 0 Å². The maximum atomic E-state index is 5.32. The van der Waals surface area contributed by atoms with Crippen molar-refractivity contribution in [3.05, 3.63) is 20.0 Å². The molecule has 0 aliphatic rings. The van der Waals surface area contributed by atoms with Gasteiger partial charge in [-0.05, 0) is 43.8 Å². The van der Waals surface area contributed by atoms with Gasteiger partial charge < -0.3 is 0 Å². The van der Waals surface area contributed by atoms with E-state index < -0.39 is 0 Å². The maximum absolute atomic E-state index is 5.32. The van der Waals surface area contributed by atoms with Crippen molar-refractivity contribution in [3.8, 4) is 0 Å². The van der Waals surface area contributed by atoms with Crippen molar-refractivity contribution < 1.29 is 0 Å². The summed E-state index contributed by atoms with van der Waals surface area (Å²) in [6.45, 7) is 4.18. The van der Waals surface area contributed by atoms with E-state index >= 15 is 0 Å². The quantitative estimate of drug-likeness (QED) is 0.490. The molecule has 9 heteroatoms. The number of nitrogens with one attached hydrogen (secondary N) is 2. The first-order valence-electron chi connectivity index (χ1n) is 5.55. The second-order valence-corrected chi connectivity index (χ2v) is 6.29. The van der Waals surface area contributed by atoms with Gasteiger partial charge in [-0.3, -0.25) is 5.10 Å². The average Bonchev–Trinajstić information content (AvgIpc) is 3.00. The zero-order valence-electron chi connectivity index (χ0n) is 10.0. The molecule has 4 heterocycles. The van der Waals surface area contributed by atoms with Crippen LogP contribution in [0.3, 0.4) is 0 Å². The van der Waals surface area contributed by atoms with E-state index in [1.807, 2.05) is 8.80 Å². The first-order chi connectivity index (χ1) is 9.09. The third kappa shape index (κ3) is 1.24. The molecule has 4 aromatic heterocycles. The smallest absolute Gasteiger partial charge is 0.243 e. The van der Waals surface area contributed by atoms with Crippen LogP contribution in [-0.4, -0.2) is 29.2 Å². The highest BCUT2D eigenvalue weighted by Gasteiger charge is 2.18. The summed E-state index contributed by atoms with van der Waals surface area (Å²) in [5, 5.41) is 15.3. The topological polar surface area (TPSA) is 66.2 Å². The number of thiophene rings is 1. The molecule has 0 saturated heterocycles. The second-order valence-electron chi connectivity index (χ2n) is 4.32. The molecule has 19 heavy (non-hydrogen) atoms. The van der Waals surface area contributed by atoms with E-state index in [9.17, 15) is 0 Å². The molecule has 6 nitrogen and oxygen atoms in total. The van der Waals surface area contributed by atoms with Gasteiger partial charge in [-0.1, -0.05) is 0 Å². The Hall–Kier alpha value is -1.58. The molecule has 0 unspecified atom stereocenters. The molecule has 0 saturated carbocycles. The Labute approximate surface area is 120 Å². The van der Waals surface area contributed by atoms with E-state index in [0.717, 1.165) is 15.9 Å². The third-order valence-corrected chi connectivity index (χ3v) is 5.06. The summed E-state index contributed by atoms with van der Waals surface area (Å²) in [5.74, 6) is 0.660. The SMILES string of the molecule is Cc1sc2c(c1C)c1n[nH]c(=S)n1c1n[nH]c(=S)n21. The van der Waals surface area contributed by atoms with Crippen molar-refractivity contribution in [2.45, 2.75) is 13.8 Å². The van der Waals surface area contributed by atoms with E-state index in [0.29, 0.717) is 15.3 Å². The highest BCUT2D eigenvalue weighted by molar-refractivity contribution is 7.71. The third-order valence-electron chi connectivity index (χ3n) is 3.32. The normalized spacial score (nSPS) is 12.1. The summed E-state index contributed by atoms with van der Waals surface area (Å²) in [6.07, 6.45) is 0. The summed E-state index contributed by atoms with van der Waals surface area (Å²) >= 11 is 12.3. The highest BCUT2D eigenvalue weighted by Crippen LogP contribution is 2.33. The van der Waals surface area contributed by atoms with Crippen molar-refractivity contribution in [3.63, 3.8) is 0 Å². The first kappa shape index (κ1) is 11.3. The van der Waals surface area contributed by atoms with Crippen LogP contribution < -0.4 is 0 Å². The van der Waals surface area contributed by atoms with Crippen molar-refractivity contribution in [1.29, 1.82) is 0 Å². The van der Waals surface area contributed by atoms with Gasteiger partial charge in [-0.2, -0.15) is 5.10 Å². The fourth-order valence-electron chi connectivity index (χ4n) is 2.30. The van der Waals surface area contributed by atoms with Crippen molar-refractivity contribution in [1.82, 2.24) is 29.2 Å². The molecule has 4 rings (SSSR count). The monoisotopic (exact) mass is 308 g/mol. The Kier molecular flexibility index (Phi) is 2.07. The lowest BCUT2D eigenvalue weighted by molar-refractivity contribution is 1.04. The molecule has 0 amide bonds. The summed E-state index contributed by atoms with van der Waals surface area (Å²) in [7, 11) is 0. The van der Waals surface area contributed by atoms with Gasteiger partial charge in [0.15, 0.2) is 5.65 Å². The Morgan fingerprint density at radius 2 is 1.74 bits per heavy atom. The van der Waals surface area contributed by atoms with Crippen LogP contribution >= 0.6 is 35.8 Å². The molecule has 0 atom stereocenters. The van der Waals surface area contributed by atoms with E-state index in [-0.39, 0.29) is 0 Å². The van der Waals surface area contributed by atoms with Crippen LogP contribution in [0.5, 0.6) is 0 Å². The van der Waals surface area contributed by atoms with Crippen molar-refractivity contribution >= 4 is 57.4 Å². The predicted molar refractivity (Wildman–Crippen MR) is 79.2 cm³/mol. The molecular weight excluding hydrogens is 300 g/mol. The van der Waals surface area contributed by atoms with Crippen LogP contribution in [0.15, 0.2) is 0 Å². The zero-order chi connectivity index (χ0) is 13.3. The van der Waals surface area contributed by atoms with Crippen LogP contribution in [0.25, 0.3) is 21.6 Å². The minimum absolute atomic E-state index is 0.513. The lowest BCUT2D eigenvalue weighted by atomic mass is 10.2. The number of fused-ring (bicyclic) bond motifs is 6. The van der Waals surface area contributed by atoms with Gasteiger partial charge in [0.2, 0.25) is 15.3 Å². The molecule has 0 spiro atoms. The number of rotatable bonds is 0. The lowest BCUT2D eigenvalue weighted by Crippen LogP contribution is -1.96. The van der Waals surface area contributed by atoms with Gasteiger partial charge in [-0.15, -0.1) is 16.4 Å². The standard InChI is InChI=1S/C10H8N6S3/c1-3-4(2)19-7-5(3)6-11-13-9(17)15(6)8-12-14-10(18)16(7)8/h1-2H3,(H,13,17)(H,14,18). The molecule has 4 aromatic rings. The minimum Gasteiger partial charge on any atom is -0.251 e. The fourth-order valence-corrected chi connectivity index (χ4v) is 3.95. The van der Waals surface area contributed by atoms with Gasteiger partial charge in [-0.25, -0.2) is 13.9 Å². The molecule has 0 aliphatic heterocycles. The van der Waals surface area contributed by atoms with E-state index in [2.05, 4.69) is 34.2 Å². The van der Waals surface area contributed by atoms with Gasteiger partial charge in [0.1, 0.15) is 4.83 Å². The Balaban J connectivity index is 2.58. The van der Waals surface area contributed by atoms with E-state index in [1.54, 1.807) is 11.3 Å². The fraction of sp³-hybridized carbons (Fsp3) is 0.200. The number of nitrogens with zero attached hydrogens (tertiary/aromatic N) is 4. The molecule has 0 bridgehead atoms. The summed E-state index contributed by atoms with van der Waals surface area (Å²) in [6, 6.07) is 0. The van der Waals surface area contributed by atoms with Gasteiger partial charge in [0.05, 0.1) is 5.39 Å². The van der Waals surface area contributed by atoms with Crippen LogP contribution in [-0.2, 0) is 0 Å². The van der Waals surface area contributed by atoms with Gasteiger partial charge in [0, 0.05) is 4.88 Å². The molecule has 0 aromatic carbocycles. The Bertz CT molecular complexity index is 1070. The predicted octanol–water partition coefficient (Wildman–Crippen LogP) is 2.93. The van der Waals surface area contributed by atoms with Crippen LogP contribution in [0, 0.1) is 23.4 Å². The van der Waals surface area contributed by atoms with Crippen LogP contribution in [0.2, 0.25) is 0 Å². The number of hydrogen-bond acceptors (Lipinski definition) is 5. The summed E-state index contributed by atoms with van der Waals surface area (Å²) in [4.78, 5) is 2.28. The number of aromatic nitrogens is 6. The molecule has 0 aliphatic carbocycles. The average molecular weight is 308 g/mol. The van der Waals surface area contributed by atoms with E-state index in [1.165, 1.54) is 10.4 Å². The molecule has 2 N–H and O–H groups in total. The lowest BCUT2D eigenvalue weighted by Gasteiger charge is -2.00. The number of aryl methyl sites for hydroxylation is 2. The number of hydrogen-bond donors (Lipinski definition) is 2. The van der Waals surface area contributed by atoms with Gasteiger partial charge in [0.25, 0.3) is 0 Å². The van der Waals surface area contributed by atoms with E-state index in [4.69, 9.17) is 24.4 Å². The zero-order valence-corrected chi connectivity index (χ0v) is 12.5. The summed E-state index contributed by atoms with van der Waals surface area (Å²) in [5.41, 5.74) is 1.99. The molecule has 0 fully saturated rings. The highest BCUT2D eigenvalue weighted by atomic mass is 32.1. The van der Waals surface area contributed by atoms with Gasteiger partial charge >= 0.3 is 0 Å². The molecular formula is C10H8N6S3. The number of aromatic amines is 2. The minimum atomic E-state index is 0.513. The Morgan fingerprint density at radius 3 is 2.53 bits per heavy atom. The largest absolute Gasteiger partial charge is 0.251 e. The second kappa shape index (κ2) is 3.50. The molecule has 96 valence electrons. The van der Waals surface area contributed by atoms with Crippen LogP contribution in [0.1, 0.15) is 10.4 Å². The first-order valence-corrected chi connectivity index (χ1v) is 7.19.